The second-order valence-corrected chi connectivity index (χ2v) is 6.95. The van der Waals surface area contributed by atoms with Gasteiger partial charge in [-0.2, -0.15) is 5.10 Å². The molecule has 0 atom stereocenters. The number of hydrogen-bond donors (Lipinski definition) is 0. The van der Waals surface area contributed by atoms with E-state index in [-0.39, 0.29) is 0 Å². The molecule has 0 spiro atoms. The van der Waals surface area contributed by atoms with Crippen molar-refractivity contribution in [1.82, 2.24) is 14.7 Å². The maximum absolute atomic E-state index is 4.78. The lowest BCUT2D eigenvalue weighted by molar-refractivity contribution is 0.231. The second-order valence-electron chi connectivity index (χ2n) is 6.95. The monoisotopic (exact) mass is 312 g/mol. The fourth-order valence-electron chi connectivity index (χ4n) is 3.58. The van der Waals surface area contributed by atoms with Gasteiger partial charge in [0.15, 0.2) is 0 Å². The lowest BCUT2D eigenvalue weighted by atomic mass is 10.1. The molecule has 4 nitrogen and oxygen atoms in total. The quantitative estimate of drug-likeness (QED) is 0.866. The van der Waals surface area contributed by atoms with Gasteiger partial charge in [0.1, 0.15) is 0 Å². The molecule has 0 N–H and O–H groups in total. The number of hydrogen-bond acceptors (Lipinski definition) is 3. The molecule has 0 unspecified atom stereocenters. The summed E-state index contributed by atoms with van der Waals surface area (Å²) in [7, 11) is 0. The molecule has 2 heterocycles. The Kier molecular flexibility index (Phi) is 4.71. The van der Waals surface area contributed by atoms with Crippen molar-refractivity contribution in [3.63, 3.8) is 0 Å². The Morgan fingerprint density at radius 2 is 1.65 bits per heavy atom. The van der Waals surface area contributed by atoms with E-state index in [0.717, 1.165) is 43.5 Å². The van der Waals surface area contributed by atoms with E-state index < -0.39 is 0 Å². The molecule has 0 saturated carbocycles. The summed E-state index contributed by atoms with van der Waals surface area (Å²) in [6, 6.07) is 10.4. The van der Waals surface area contributed by atoms with Crippen molar-refractivity contribution >= 4 is 5.69 Å². The summed E-state index contributed by atoms with van der Waals surface area (Å²) in [5.41, 5.74) is 4.82. The van der Waals surface area contributed by atoms with E-state index in [4.69, 9.17) is 5.10 Å². The molecule has 3 rings (SSSR count). The topological polar surface area (TPSA) is 24.3 Å². The number of nitrogens with zero attached hydrogens (tertiary/aromatic N) is 4. The van der Waals surface area contributed by atoms with Crippen LogP contribution in [0.2, 0.25) is 0 Å². The Balaban J connectivity index is 1.78. The third kappa shape index (κ3) is 3.42. The van der Waals surface area contributed by atoms with E-state index in [2.05, 4.69) is 66.4 Å². The first-order chi connectivity index (χ1) is 11.1. The fourth-order valence-corrected chi connectivity index (χ4v) is 3.58. The van der Waals surface area contributed by atoms with Crippen molar-refractivity contribution in [3.05, 3.63) is 41.7 Å². The number of aromatic nitrogens is 2. The maximum atomic E-state index is 4.78. The molecule has 1 aliphatic heterocycles. The highest BCUT2D eigenvalue weighted by Crippen LogP contribution is 2.27. The third-order valence-electron chi connectivity index (χ3n) is 4.57. The molecule has 1 aliphatic rings. The normalized spacial score (nSPS) is 16.3. The van der Waals surface area contributed by atoms with Crippen LogP contribution in [0, 0.1) is 19.8 Å². The smallest absolute Gasteiger partial charge is 0.0834 e. The molecule has 0 bridgehead atoms. The van der Waals surface area contributed by atoms with Crippen LogP contribution in [0.4, 0.5) is 5.69 Å². The molecule has 0 amide bonds. The predicted molar refractivity (Wildman–Crippen MR) is 96.5 cm³/mol. The minimum atomic E-state index is 0.742. The number of benzene rings is 1. The summed E-state index contributed by atoms with van der Waals surface area (Å²) >= 11 is 0. The van der Waals surface area contributed by atoms with Gasteiger partial charge >= 0.3 is 0 Å². The van der Waals surface area contributed by atoms with Crippen molar-refractivity contribution in [2.45, 2.75) is 27.7 Å². The predicted octanol–water partition coefficient (Wildman–Crippen LogP) is 3.27. The van der Waals surface area contributed by atoms with E-state index >= 15 is 0 Å². The molecule has 0 radical (unpaired) electrons. The first-order valence-electron chi connectivity index (χ1n) is 8.65. The summed E-state index contributed by atoms with van der Waals surface area (Å²) in [5, 5.41) is 4.78. The summed E-state index contributed by atoms with van der Waals surface area (Å²) in [6.45, 7) is 14.6. The number of piperazine rings is 1. The summed E-state index contributed by atoms with van der Waals surface area (Å²) < 4.78 is 2.07. The van der Waals surface area contributed by atoms with Crippen molar-refractivity contribution in [1.29, 1.82) is 0 Å². The molecule has 4 heteroatoms. The molecule has 23 heavy (non-hydrogen) atoms. The van der Waals surface area contributed by atoms with Crippen molar-refractivity contribution in [2.24, 2.45) is 5.92 Å². The SMILES string of the molecule is Cc1nn(-c2ccccc2)c(C)c1N1CCN(CC(C)C)CC1. The zero-order valence-electron chi connectivity index (χ0n) is 14.8. The van der Waals surface area contributed by atoms with E-state index in [9.17, 15) is 0 Å². The van der Waals surface area contributed by atoms with Gasteiger partial charge in [0.05, 0.1) is 22.8 Å². The van der Waals surface area contributed by atoms with Gasteiger partial charge in [-0.1, -0.05) is 32.0 Å². The van der Waals surface area contributed by atoms with Gasteiger partial charge in [-0.05, 0) is 31.9 Å². The van der Waals surface area contributed by atoms with Gasteiger partial charge in [-0.25, -0.2) is 4.68 Å². The first kappa shape index (κ1) is 16.1. The van der Waals surface area contributed by atoms with Crippen LogP contribution in [0.5, 0.6) is 0 Å². The van der Waals surface area contributed by atoms with E-state index in [0.29, 0.717) is 0 Å². The molecule has 1 saturated heterocycles. The molecule has 1 aromatic carbocycles. The Labute approximate surface area is 139 Å². The van der Waals surface area contributed by atoms with Crippen molar-refractivity contribution in [3.8, 4) is 5.69 Å². The number of para-hydroxylation sites is 1. The first-order valence-corrected chi connectivity index (χ1v) is 8.65. The van der Waals surface area contributed by atoms with Crippen LogP contribution in [0.15, 0.2) is 30.3 Å². The van der Waals surface area contributed by atoms with Crippen LogP contribution >= 0.6 is 0 Å². The average molecular weight is 312 g/mol. The molecule has 1 fully saturated rings. The molecule has 124 valence electrons. The summed E-state index contributed by atoms with van der Waals surface area (Å²) in [4.78, 5) is 5.08. The van der Waals surface area contributed by atoms with E-state index in [1.54, 1.807) is 0 Å². The number of aryl methyl sites for hydroxylation is 1. The largest absolute Gasteiger partial charge is 0.366 e. The van der Waals surface area contributed by atoms with Gasteiger partial charge < -0.3 is 4.90 Å². The summed E-state index contributed by atoms with van der Waals surface area (Å²) in [6.07, 6.45) is 0. The minimum Gasteiger partial charge on any atom is -0.366 e. The lowest BCUT2D eigenvalue weighted by Crippen LogP contribution is -2.47. The van der Waals surface area contributed by atoms with Crippen LogP contribution < -0.4 is 4.90 Å². The van der Waals surface area contributed by atoms with Crippen molar-refractivity contribution < 1.29 is 0 Å². The van der Waals surface area contributed by atoms with E-state index in [1.807, 2.05) is 6.07 Å². The fraction of sp³-hybridized carbons (Fsp3) is 0.526. The van der Waals surface area contributed by atoms with Crippen LogP contribution in [-0.4, -0.2) is 47.4 Å². The number of rotatable bonds is 4. The Hall–Kier alpha value is -1.81. The summed E-state index contributed by atoms with van der Waals surface area (Å²) in [5.74, 6) is 0.742. The highest BCUT2D eigenvalue weighted by Gasteiger charge is 2.23. The van der Waals surface area contributed by atoms with Gasteiger partial charge in [0.2, 0.25) is 0 Å². The highest BCUT2D eigenvalue weighted by atomic mass is 15.3. The van der Waals surface area contributed by atoms with E-state index in [1.165, 1.54) is 17.9 Å². The van der Waals surface area contributed by atoms with Gasteiger partial charge in [-0.15, -0.1) is 0 Å². The lowest BCUT2D eigenvalue weighted by Gasteiger charge is -2.37. The average Bonchev–Trinajstić information content (AvgIpc) is 2.83. The Morgan fingerprint density at radius 3 is 2.26 bits per heavy atom. The zero-order valence-corrected chi connectivity index (χ0v) is 14.8. The number of anilines is 1. The second kappa shape index (κ2) is 6.75. The highest BCUT2D eigenvalue weighted by molar-refractivity contribution is 5.57. The van der Waals surface area contributed by atoms with Crippen LogP contribution in [0.3, 0.4) is 0 Å². The zero-order chi connectivity index (χ0) is 16.4. The molecular weight excluding hydrogens is 284 g/mol. The third-order valence-corrected chi connectivity index (χ3v) is 4.57. The standard InChI is InChI=1S/C19H28N4/c1-15(2)14-21-10-12-22(13-11-21)19-16(3)20-23(17(19)4)18-8-6-5-7-9-18/h5-9,15H,10-14H2,1-4H3. The molecule has 0 aliphatic carbocycles. The van der Waals surface area contributed by atoms with Crippen molar-refractivity contribution in [2.75, 3.05) is 37.6 Å². The molecule has 1 aromatic heterocycles. The Bertz CT molecular complexity index is 637. The van der Waals surface area contributed by atoms with Crippen LogP contribution in [0.1, 0.15) is 25.2 Å². The van der Waals surface area contributed by atoms with Gasteiger partial charge in [-0.3, -0.25) is 4.90 Å². The van der Waals surface area contributed by atoms with Gasteiger partial charge in [0.25, 0.3) is 0 Å². The Morgan fingerprint density at radius 1 is 1.00 bits per heavy atom. The van der Waals surface area contributed by atoms with Crippen LogP contribution in [0.25, 0.3) is 5.69 Å². The molecular formula is C19H28N4. The van der Waals surface area contributed by atoms with Crippen LogP contribution in [-0.2, 0) is 0 Å². The molecule has 2 aromatic rings. The van der Waals surface area contributed by atoms with Gasteiger partial charge in [0, 0.05) is 32.7 Å². The minimum absolute atomic E-state index is 0.742. The maximum Gasteiger partial charge on any atom is 0.0834 e.